The Bertz CT molecular complexity index is 426. The number of carboxylic acid groups (broad SMARTS) is 1. The Morgan fingerprint density at radius 1 is 1.64 bits per heavy atom. The van der Waals surface area contributed by atoms with Crippen LogP contribution in [0.2, 0.25) is 0 Å². The van der Waals surface area contributed by atoms with Gasteiger partial charge in [-0.25, -0.2) is 4.79 Å². The highest BCUT2D eigenvalue weighted by atomic mass is 79.9. The fourth-order valence-electron chi connectivity index (χ4n) is 1.01. The second-order valence-electron chi connectivity index (χ2n) is 2.51. The quantitative estimate of drug-likeness (QED) is 0.844. The third-order valence-corrected chi connectivity index (χ3v) is 2.90. The van der Waals surface area contributed by atoms with Crippen molar-refractivity contribution >= 4 is 33.5 Å². The molecule has 0 heterocycles. The zero-order valence-electron chi connectivity index (χ0n) is 6.92. The van der Waals surface area contributed by atoms with Crippen LogP contribution < -0.4 is 0 Å². The number of carbonyl (C=O) groups is 1. The molecule has 3 nitrogen and oxygen atoms in total. The van der Waals surface area contributed by atoms with Crippen LogP contribution in [-0.2, 0) is 5.88 Å². The molecule has 0 saturated heterocycles. The van der Waals surface area contributed by atoms with Crippen LogP contribution in [-0.4, -0.2) is 11.1 Å². The van der Waals surface area contributed by atoms with E-state index >= 15 is 0 Å². The number of carboxylic acids is 1. The average molecular weight is 275 g/mol. The number of nitriles is 1. The van der Waals surface area contributed by atoms with Crippen LogP contribution in [0.1, 0.15) is 21.5 Å². The van der Waals surface area contributed by atoms with E-state index in [1.165, 1.54) is 6.07 Å². The largest absolute Gasteiger partial charge is 0.478 e. The minimum atomic E-state index is -1.12. The van der Waals surface area contributed by atoms with Gasteiger partial charge in [0.2, 0.25) is 0 Å². The van der Waals surface area contributed by atoms with Gasteiger partial charge in [-0.3, -0.25) is 0 Å². The maximum atomic E-state index is 10.7. The van der Waals surface area contributed by atoms with Gasteiger partial charge in [0.25, 0.3) is 0 Å². The van der Waals surface area contributed by atoms with Crippen LogP contribution in [0.15, 0.2) is 16.6 Å². The number of hydrogen-bond donors (Lipinski definition) is 1. The Labute approximate surface area is 94.0 Å². The molecule has 0 saturated carbocycles. The first kappa shape index (κ1) is 11.0. The Hall–Kier alpha value is -1.05. The first-order chi connectivity index (χ1) is 6.61. The number of aromatic carboxylic acids is 1. The molecule has 0 amide bonds. The molecule has 5 heteroatoms. The summed E-state index contributed by atoms with van der Waals surface area (Å²) in [5.74, 6) is -0.891. The van der Waals surface area contributed by atoms with E-state index in [9.17, 15) is 4.79 Å². The van der Waals surface area contributed by atoms with Crippen molar-refractivity contribution in [2.75, 3.05) is 0 Å². The molecule has 0 aromatic heterocycles. The predicted molar refractivity (Wildman–Crippen MR) is 55.4 cm³/mol. The minimum absolute atomic E-state index is 0.0201. The highest BCUT2D eigenvalue weighted by Gasteiger charge is 2.15. The zero-order valence-corrected chi connectivity index (χ0v) is 9.26. The van der Waals surface area contributed by atoms with Crippen LogP contribution in [0.4, 0.5) is 0 Å². The summed E-state index contributed by atoms with van der Waals surface area (Å²) in [6.45, 7) is 0. The lowest BCUT2D eigenvalue weighted by Crippen LogP contribution is -2.02. The lowest BCUT2D eigenvalue weighted by Gasteiger charge is -2.04. The highest BCUT2D eigenvalue weighted by Crippen LogP contribution is 2.25. The van der Waals surface area contributed by atoms with E-state index < -0.39 is 5.97 Å². The summed E-state index contributed by atoms with van der Waals surface area (Å²) in [4.78, 5) is 10.7. The van der Waals surface area contributed by atoms with Crippen molar-refractivity contribution in [3.63, 3.8) is 0 Å². The molecule has 0 aliphatic rings. The Kier molecular flexibility index (Phi) is 3.50. The lowest BCUT2D eigenvalue weighted by molar-refractivity contribution is 0.0696. The summed E-state index contributed by atoms with van der Waals surface area (Å²) in [7, 11) is 0. The number of nitrogens with zero attached hydrogens (tertiary/aromatic N) is 1. The molecule has 0 aliphatic carbocycles. The van der Waals surface area contributed by atoms with Gasteiger partial charge in [0.15, 0.2) is 0 Å². The van der Waals surface area contributed by atoms with Gasteiger partial charge in [-0.15, -0.1) is 11.6 Å². The van der Waals surface area contributed by atoms with Gasteiger partial charge in [0, 0.05) is 10.4 Å². The topological polar surface area (TPSA) is 61.1 Å². The van der Waals surface area contributed by atoms with Crippen molar-refractivity contribution in [3.05, 3.63) is 33.3 Å². The lowest BCUT2D eigenvalue weighted by atomic mass is 10.1. The first-order valence-electron chi connectivity index (χ1n) is 3.62. The molecule has 0 radical (unpaired) electrons. The van der Waals surface area contributed by atoms with Crippen molar-refractivity contribution in [2.45, 2.75) is 5.88 Å². The summed E-state index contributed by atoms with van der Waals surface area (Å²) >= 11 is 8.76. The van der Waals surface area contributed by atoms with E-state index in [-0.39, 0.29) is 17.0 Å². The smallest absolute Gasteiger partial charge is 0.337 e. The van der Waals surface area contributed by atoms with Crippen LogP contribution in [0, 0.1) is 11.3 Å². The molecule has 0 aliphatic heterocycles. The second kappa shape index (κ2) is 4.45. The van der Waals surface area contributed by atoms with E-state index in [1.54, 1.807) is 6.07 Å². The molecule has 0 atom stereocenters. The van der Waals surface area contributed by atoms with Crippen LogP contribution in [0.5, 0.6) is 0 Å². The second-order valence-corrected chi connectivity index (χ2v) is 3.57. The molecule has 1 rings (SSSR count). The van der Waals surface area contributed by atoms with Gasteiger partial charge >= 0.3 is 5.97 Å². The van der Waals surface area contributed by atoms with Crippen LogP contribution in [0.3, 0.4) is 0 Å². The molecule has 72 valence electrons. The average Bonchev–Trinajstić information content (AvgIpc) is 2.17. The van der Waals surface area contributed by atoms with Gasteiger partial charge in [-0.05, 0) is 27.6 Å². The third-order valence-electron chi connectivity index (χ3n) is 1.71. The SMILES string of the molecule is N#Cc1c(C(=O)O)ccc(CCl)c1Br. The Balaban J connectivity index is 3.45. The van der Waals surface area contributed by atoms with Gasteiger partial charge in [0.1, 0.15) is 6.07 Å². The standard InChI is InChI=1S/C9H5BrClNO2/c10-8-5(3-11)1-2-6(9(13)14)7(8)4-12/h1-2H,3H2,(H,13,14). The molecule has 0 unspecified atom stereocenters. The van der Waals surface area contributed by atoms with E-state index in [0.29, 0.717) is 10.0 Å². The fourth-order valence-corrected chi connectivity index (χ4v) is 1.97. The van der Waals surface area contributed by atoms with Crippen molar-refractivity contribution in [1.82, 2.24) is 0 Å². The third kappa shape index (κ3) is 1.89. The van der Waals surface area contributed by atoms with E-state index in [4.69, 9.17) is 22.0 Å². The van der Waals surface area contributed by atoms with Crippen molar-refractivity contribution in [3.8, 4) is 6.07 Å². The van der Waals surface area contributed by atoms with E-state index in [0.717, 1.165) is 0 Å². The van der Waals surface area contributed by atoms with Gasteiger partial charge < -0.3 is 5.11 Å². The molecule has 1 aromatic carbocycles. The first-order valence-corrected chi connectivity index (χ1v) is 4.95. The molecule has 0 fully saturated rings. The maximum absolute atomic E-state index is 10.7. The fraction of sp³-hybridized carbons (Fsp3) is 0.111. The number of rotatable bonds is 2. The van der Waals surface area contributed by atoms with Crippen molar-refractivity contribution in [2.24, 2.45) is 0 Å². The summed E-state index contributed by atoms with van der Waals surface area (Å²) in [5, 5.41) is 17.6. The van der Waals surface area contributed by atoms with Crippen LogP contribution >= 0.6 is 27.5 Å². The summed E-state index contributed by atoms with van der Waals surface area (Å²) in [5.41, 5.74) is 0.789. The van der Waals surface area contributed by atoms with E-state index in [2.05, 4.69) is 15.9 Å². The Morgan fingerprint density at radius 2 is 2.29 bits per heavy atom. The van der Waals surface area contributed by atoms with Crippen molar-refractivity contribution < 1.29 is 9.90 Å². The van der Waals surface area contributed by atoms with Gasteiger partial charge in [-0.2, -0.15) is 5.26 Å². The molecule has 0 bridgehead atoms. The maximum Gasteiger partial charge on any atom is 0.337 e. The normalized spacial score (nSPS) is 9.50. The summed E-state index contributed by atoms with van der Waals surface area (Å²) in [6, 6.07) is 4.80. The molecule has 14 heavy (non-hydrogen) atoms. The monoisotopic (exact) mass is 273 g/mol. The minimum Gasteiger partial charge on any atom is -0.478 e. The Morgan fingerprint density at radius 3 is 2.71 bits per heavy atom. The molecular formula is C9H5BrClNO2. The van der Waals surface area contributed by atoms with Gasteiger partial charge in [-0.1, -0.05) is 6.07 Å². The van der Waals surface area contributed by atoms with Gasteiger partial charge in [0.05, 0.1) is 11.1 Å². The predicted octanol–water partition coefficient (Wildman–Crippen LogP) is 2.76. The number of hydrogen-bond acceptors (Lipinski definition) is 2. The summed E-state index contributed by atoms with van der Waals surface area (Å²) < 4.78 is 0.454. The molecule has 0 spiro atoms. The number of alkyl halides is 1. The van der Waals surface area contributed by atoms with E-state index in [1.807, 2.05) is 6.07 Å². The molecular weight excluding hydrogens is 269 g/mol. The number of benzene rings is 1. The molecule has 1 N–H and O–H groups in total. The van der Waals surface area contributed by atoms with Crippen LogP contribution in [0.25, 0.3) is 0 Å². The summed E-state index contributed by atoms with van der Waals surface area (Å²) in [6.07, 6.45) is 0. The zero-order chi connectivity index (χ0) is 10.7. The van der Waals surface area contributed by atoms with Crippen molar-refractivity contribution in [1.29, 1.82) is 5.26 Å². The number of halogens is 2. The molecule has 1 aromatic rings. The highest BCUT2D eigenvalue weighted by molar-refractivity contribution is 9.10.